The van der Waals surface area contributed by atoms with E-state index < -0.39 is 0 Å². The molecule has 15 heavy (non-hydrogen) atoms. The molecule has 1 atom stereocenters. The lowest BCUT2D eigenvalue weighted by Crippen LogP contribution is -2.17. The van der Waals surface area contributed by atoms with Crippen molar-refractivity contribution < 1.29 is 0 Å². The van der Waals surface area contributed by atoms with Crippen LogP contribution in [-0.4, -0.2) is 13.1 Å². The maximum Gasteiger partial charge on any atom is 0.0366 e. The minimum Gasteiger partial charge on any atom is -0.372 e. The molecule has 0 aliphatic carbocycles. The SMILES string of the molecule is C[C@@H](N)c1ccc(N2CCCC2)cc1.Cl. The van der Waals surface area contributed by atoms with E-state index in [-0.39, 0.29) is 18.4 Å². The first-order valence-electron chi connectivity index (χ1n) is 5.38. The van der Waals surface area contributed by atoms with Crippen LogP contribution in [0.1, 0.15) is 31.4 Å². The van der Waals surface area contributed by atoms with Crippen molar-refractivity contribution in [3.05, 3.63) is 29.8 Å². The lowest BCUT2D eigenvalue weighted by atomic mass is 10.1. The Labute approximate surface area is 97.9 Å². The highest BCUT2D eigenvalue weighted by molar-refractivity contribution is 5.85. The van der Waals surface area contributed by atoms with Crippen molar-refractivity contribution in [3.8, 4) is 0 Å². The Balaban J connectivity index is 0.00000112. The molecule has 1 aliphatic rings. The fraction of sp³-hybridized carbons (Fsp3) is 0.500. The molecule has 1 saturated heterocycles. The van der Waals surface area contributed by atoms with Gasteiger partial charge in [0.2, 0.25) is 0 Å². The summed E-state index contributed by atoms with van der Waals surface area (Å²) in [7, 11) is 0. The van der Waals surface area contributed by atoms with Crippen LogP contribution >= 0.6 is 12.4 Å². The largest absolute Gasteiger partial charge is 0.372 e. The second-order valence-corrected chi connectivity index (χ2v) is 4.07. The van der Waals surface area contributed by atoms with E-state index in [0.29, 0.717) is 0 Å². The van der Waals surface area contributed by atoms with Gasteiger partial charge in [-0.05, 0) is 37.5 Å². The molecule has 0 bridgehead atoms. The lowest BCUT2D eigenvalue weighted by molar-refractivity contribution is 0.817. The molecule has 2 rings (SSSR count). The number of hydrogen-bond acceptors (Lipinski definition) is 2. The van der Waals surface area contributed by atoms with Crippen molar-refractivity contribution in [1.82, 2.24) is 0 Å². The number of benzene rings is 1. The Morgan fingerprint density at radius 2 is 1.67 bits per heavy atom. The summed E-state index contributed by atoms with van der Waals surface area (Å²) in [5.41, 5.74) is 8.36. The van der Waals surface area contributed by atoms with E-state index in [4.69, 9.17) is 5.73 Å². The molecule has 3 heteroatoms. The smallest absolute Gasteiger partial charge is 0.0366 e. The van der Waals surface area contributed by atoms with Crippen molar-refractivity contribution in [2.75, 3.05) is 18.0 Å². The molecule has 84 valence electrons. The predicted octanol–water partition coefficient (Wildman–Crippen LogP) is 2.73. The van der Waals surface area contributed by atoms with Crippen molar-refractivity contribution >= 4 is 18.1 Å². The molecule has 1 aliphatic heterocycles. The zero-order valence-corrected chi connectivity index (χ0v) is 9.96. The van der Waals surface area contributed by atoms with E-state index in [1.807, 2.05) is 6.92 Å². The summed E-state index contributed by atoms with van der Waals surface area (Å²) in [4.78, 5) is 2.44. The normalized spacial score (nSPS) is 17.3. The number of nitrogens with two attached hydrogens (primary N) is 1. The van der Waals surface area contributed by atoms with Crippen molar-refractivity contribution in [2.24, 2.45) is 5.73 Å². The van der Waals surface area contributed by atoms with E-state index in [0.717, 1.165) is 0 Å². The molecule has 0 radical (unpaired) electrons. The third-order valence-electron chi connectivity index (χ3n) is 2.89. The van der Waals surface area contributed by atoms with Crippen LogP contribution in [0.2, 0.25) is 0 Å². The summed E-state index contributed by atoms with van der Waals surface area (Å²) in [6, 6.07) is 8.78. The summed E-state index contributed by atoms with van der Waals surface area (Å²) < 4.78 is 0. The molecular weight excluding hydrogens is 208 g/mol. The van der Waals surface area contributed by atoms with Gasteiger partial charge in [-0.3, -0.25) is 0 Å². The van der Waals surface area contributed by atoms with Gasteiger partial charge in [0.25, 0.3) is 0 Å². The van der Waals surface area contributed by atoms with Gasteiger partial charge >= 0.3 is 0 Å². The van der Waals surface area contributed by atoms with E-state index in [9.17, 15) is 0 Å². The Morgan fingerprint density at radius 3 is 2.13 bits per heavy atom. The number of hydrogen-bond donors (Lipinski definition) is 1. The van der Waals surface area contributed by atoms with Gasteiger partial charge in [-0.2, -0.15) is 0 Å². The Bertz CT molecular complexity index is 289. The molecule has 1 aromatic rings. The van der Waals surface area contributed by atoms with Crippen LogP contribution in [0.15, 0.2) is 24.3 Å². The average molecular weight is 227 g/mol. The molecule has 2 nitrogen and oxygen atoms in total. The molecule has 2 N–H and O–H groups in total. The number of halogens is 1. The van der Waals surface area contributed by atoms with Gasteiger partial charge in [-0.25, -0.2) is 0 Å². The van der Waals surface area contributed by atoms with Gasteiger partial charge in [-0.15, -0.1) is 12.4 Å². The van der Waals surface area contributed by atoms with Gasteiger partial charge in [0.15, 0.2) is 0 Å². The van der Waals surface area contributed by atoms with E-state index in [2.05, 4.69) is 29.2 Å². The number of nitrogens with zero attached hydrogens (tertiary/aromatic N) is 1. The molecule has 0 unspecified atom stereocenters. The fourth-order valence-corrected chi connectivity index (χ4v) is 1.96. The van der Waals surface area contributed by atoms with Gasteiger partial charge in [0.1, 0.15) is 0 Å². The summed E-state index contributed by atoms with van der Waals surface area (Å²) in [5, 5.41) is 0. The molecule has 0 spiro atoms. The topological polar surface area (TPSA) is 29.3 Å². The first-order chi connectivity index (χ1) is 6.77. The lowest BCUT2D eigenvalue weighted by Gasteiger charge is -2.18. The second-order valence-electron chi connectivity index (χ2n) is 4.07. The molecule has 1 heterocycles. The minimum absolute atomic E-state index is 0. The fourth-order valence-electron chi connectivity index (χ4n) is 1.96. The Kier molecular flexibility index (Phi) is 4.43. The van der Waals surface area contributed by atoms with Crippen molar-refractivity contribution in [1.29, 1.82) is 0 Å². The highest BCUT2D eigenvalue weighted by Gasteiger charge is 2.11. The predicted molar refractivity (Wildman–Crippen MR) is 67.7 cm³/mol. The van der Waals surface area contributed by atoms with Crippen molar-refractivity contribution in [2.45, 2.75) is 25.8 Å². The van der Waals surface area contributed by atoms with Gasteiger partial charge in [0.05, 0.1) is 0 Å². The van der Waals surface area contributed by atoms with Crippen LogP contribution in [0.4, 0.5) is 5.69 Å². The maximum absolute atomic E-state index is 5.80. The Morgan fingerprint density at radius 1 is 1.13 bits per heavy atom. The maximum atomic E-state index is 5.80. The summed E-state index contributed by atoms with van der Waals surface area (Å²) >= 11 is 0. The minimum atomic E-state index is 0. The quantitative estimate of drug-likeness (QED) is 0.840. The molecule has 1 fully saturated rings. The second kappa shape index (κ2) is 5.38. The summed E-state index contributed by atoms with van der Waals surface area (Å²) in [5.74, 6) is 0. The van der Waals surface area contributed by atoms with Gasteiger partial charge < -0.3 is 10.6 Å². The summed E-state index contributed by atoms with van der Waals surface area (Å²) in [6.07, 6.45) is 2.66. The van der Waals surface area contributed by atoms with Crippen LogP contribution in [0, 0.1) is 0 Å². The molecule has 0 amide bonds. The first-order valence-corrected chi connectivity index (χ1v) is 5.38. The zero-order valence-electron chi connectivity index (χ0n) is 9.15. The van der Waals surface area contributed by atoms with E-state index >= 15 is 0 Å². The standard InChI is InChI=1S/C12H18N2.ClH/c1-10(13)11-4-6-12(7-5-11)14-8-2-3-9-14;/h4-7,10H,2-3,8-9,13H2,1H3;1H/t10-;/m1./s1. The Hall–Kier alpha value is -0.730. The van der Waals surface area contributed by atoms with Crippen LogP contribution in [-0.2, 0) is 0 Å². The van der Waals surface area contributed by atoms with Gasteiger partial charge in [-0.1, -0.05) is 12.1 Å². The van der Waals surface area contributed by atoms with Crippen LogP contribution in [0.5, 0.6) is 0 Å². The zero-order chi connectivity index (χ0) is 9.97. The van der Waals surface area contributed by atoms with Crippen LogP contribution < -0.4 is 10.6 Å². The molecular formula is C12H19ClN2. The van der Waals surface area contributed by atoms with Crippen molar-refractivity contribution in [3.63, 3.8) is 0 Å². The number of rotatable bonds is 2. The monoisotopic (exact) mass is 226 g/mol. The molecule has 1 aromatic carbocycles. The third kappa shape index (κ3) is 2.86. The summed E-state index contributed by atoms with van der Waals surface area (Å²) in [6.45, 7) is 4.43. The highest BCUT2D eigenvalue weighted by Crippen LogP contribution is 2.21. The van der Waals surface area contributed by atoms with Crippen LogP contribution in [0.3, 0.4) is 0 Å². The molecule has 0 saturated carbocycles. The third-order valence-corrected chi connectivity index (χ3v) is 2.89. The van der Waals surface area contributed by atoms with Gasteiger partial charge in [0, 0.05) is 24.8 Å². The highest BCUT2D eigenvalue weighted by atomic mass is 35.5. The van der Waals surface area contributed by atoms with E-state index in [1.54, 1.807) is 0 Å². The van der Waals surface area contributed by atoms with Crippen LogP contribution in [0.25, 0.3) is 0 Å². The molecule has 0 aromatic heterocycles. The first kappa shape index (κ1) is 12.3. The number of anilines is 1. The van der Waals surface area contributed by atoms with E-state index in [1.165, 1.54) is 37.2 Å². The average Bonchev–Trinajstić information content (AvgIpc) is 2.71.